The minimum atomic E-state index is -1.17. The van der Waals surface area contributed by atoms with Crippen molar-refractivity contribution in [3.05, 3.63) is 34.6 Å². The van der Waals surface area contributed by atoms with Gasteiger partial charge in [0.25, 0.3) is 0 Å². The van der Waals surface area contributed by atoms with Crippen LogP contribution in [-0.4, -0.2) is 28.6 Å². The second-order valence-electron chi connectivity index (χ2n) is 3.29. The summed E-state index contributed by atoms with van der Waals surface area (Å²) in [5, 5.41) is 9.04. The molecule has 0 saturated heterocycles. The molecule has 0 amide bonds. The fraction of sp³-hybridized carbons (Fsp3) is 0.250. The fourth-order valence-corrected chi connectivity index (χ4v) is 1.40. The van der Waals surface area contributed by atoms with Crippen molar-refractivity contribution >= 4 is 29.6 Å². The van der Waals surface area contributed by atoms with E-state index >= 15 is 0 Å². The van der Waals surface area contributed by atoms with E-state index < -0.39 is 5.97 Å². The lowest BCUT2D eigenvalue weighted by atomic mass is 10.1. The Morgan fingerprint density at radius 2 is 2.22 bits per heavy atom. The van der Waals surface area contributed by atoms with Crippen LogP contribution in [0.4, 0.5) is 0 Å². The van der Waals surface area contributed by atoms with Gasteiger partial charge in [-0.3, -0.25) is 4.79 Å². The van der Waals surface area contributed by atoms with Gasteiger partial charge in [0.05, 0.1) is 13.0 Å². The van der Waals surface area contributed by atoms with Gasteiger partial charge in [-0.2, -0.15) is 0 Å². The molecule has 0 radical (unpaired) electrons. The van der Waals surface area contributed by atoms with Gasteiger partial charge in [0.1, 0.15) is 5.15 Å². The van der Waals surface area contributed by atoms with Crippen molar-refractivity contribution in [2.24, 2.45) is 0 Å². The standard InChI is InChI=1S/C12H12ClNO4/c1-2-18-10(15)5-3-4-8-6-7-9(13)14-11(8)12(16)17/h3-4,6-7H,2,5H2,1H3,(H,16,17). The predicted octanol–water partition coefficient (Wildman–Crippen LogP) is 2.40. The molecule has 6 heteroatoms. The van der Waals surface area contributed by atoms with Crippen LogP contribution in [0.2, 0.25) is 5.15 Å². The third-order valence-electron chi connectivity index (χ3n) is 1.98. The van der Waals surface area contributed by atoms with Crippen LogP contribution in [0.25, 0.3) is 6.08 Å². The first kappa shape index (κ1) is 14.2. The van der Waals surface area contributed by atoms with E-state index in [0.717, 1.165) is 0 Å². The third kappa shape index (κ3) is 4.18. The van der Waals surface area contributed by atoms with Crippen molar-refractivity contribution in [3.8, 4) is 0 Å². The van der Waals surface area contributed by atoms with Crippen LogP contribution in [-0.2, 0) is 9.53 Å². The Bertz CT molecular complexity index is 485. The largest absolute Gasteiger partial charge is 0.476 e. The maximum absolute atomic E-state index is 11.1. The maximum atomic E-state index is 11.1. The summed E-state index contributed by atoms with van der Waals surface area (Å²) in [6, 6.07) is 3.01. The fourth-order valence-electron chi connectivity index (χ4n) is 1.25. The Morgan fingerprint density at radius 3 is 2.83 bits per heavy atom. The van der Waals surface area contributed by atoms with E-state index in [9.17, 15) is 9.59 Å². The molecule has 1 aromatic rings. The van der Waals surface area contributed by atoms with Crippen molar-refractivity contribution in [2.45, 2.75) is 13.3 Å². The van der Waals surface area contributed by atoms with Crippen molar-refractivity contribution in [1.29, 1.82) is 0 Å². The molecule has 0 spiro atoms. The smallest absolute Gasteiger partial charge is 0.355 e. The second kappa shape index (κ2) is 6.76. The molecule has 1 rings (SSSR count). The molecular formula is C12H12ClNO4. The molecule has 0 atom stereocenters. The Morgan fingerprint density at radius 1 is 1.50 bits per heavy atom. The zero-order valence-electron chi connectivity index (χ0n) is 9.72. The van der Waals surface area contributed by atoms with Gasteiger partial charge in [-0.05, 0) is 19.1 Å². The Balaban J connectivity index is 2.81. The molecule has 1 aromatic heterocycles. The molecule has 1 heterocycles. The summed E-state index contributed by atoms with van der Waals surface area (Å²) in [6.45, 7) is 2.03. The zero-order chi connectivity index (χ0) is 13.5. The van der Waals surface area contributed by atoms with Crippen LogP contribution < -0.4 is 0 Å². The molecule has 0 aliphatic heterocycles. The van der Waals surface area contributed by atoms with Crippen LogP contribution >= 0.6 is 11.6 Å². The van der Waals surface area contributed by atoms with Crippen LogP contribution in [0.15, 0.2) is 18.2 Å². The average Bonchev–Trinajstić information content (AvgIpc) is 2.31. The van der Waals surface area contributed by atoms with Gasteiger partial charge in [-0.15, -0.1) is 0 Å². The lowest BCUT2D eigenvalue weighted by Crippen LogP contribution is -2.04. The first-order valence-electron chi connectivity index (χ1n) is 5.26. The number of esters is 1. The molecule has 18 heavy (non-hydrogen) atoms. The Labute approximate surface area is 109 Å². The van der Waals surface area contributed by atoms with Crippen LogP contribution in [0, 0.1) is 0 Å². The predicted molar refractivity (Wildman–Crippen MR) is 66.5 cm³/mol. The zero-order valence-corrected chi connectivity index (χ0v) is 10.5. The molecule has 1 N–H and O–H groups in total. The van der Waals surface area contributed by atoms with E-state index in [1.807, 2.05) is 0 Å². The number of carbonyl (C=O) groups excluding carboxylic acids is 1. The third-order valence-corrected chi connectivity index (χ3v) is 2.19. The van der Waals surface area contributed by atoms with Gasteiger partial charge < -0.3 is 9.84 Å². The monoisotopic (exact) mass is 269 g/mol. The first-order valence-corrected chi connectivity index (χ1v) is 5.64. The van der Waals surface area contributed by atoms with Gasteiger partial charge in [0.15, 0.2) is 5.69 Å². The van der Waals surface area contributed by atoms with E-state index in [-0.39, 0.29) is 23.2 Å². The highest BCUT2D eigenvalue weighted by atomic mass is 35.5. The minimum Gasteiger partial charge on any atom is -0.476 e. The number of nitrogens with zero attached hydrogens (tertiary/aromatic N) is 1. The van der Waals surface area contributed by atoms with Gasteiger partial charge >= 0.3 is 11.9 Å². The average molecular weight is 270 g/mol. The summed E-state index contributed by atoms with van der Waals surface area (Å²) in [4.78, 5) is 25.7. The lowest BCUT2D eigenvalue weighted by Gasteiger charge is -2.01. The second-order valence-corrected chi connectivity index (χ2v) is 3.68. The number of carboxylic acid groups (broad SMARTS) is 1. The van der Waals surface area contributed by atoms with E-state index in [1.54, 1.807) is 6.92 Å². The highest BCUT2D eigenvalue weighted by Crippen LogP contribution is 2.13. The first-order chi connectivity index (χ1) is 8.54. The quantitative estimate of drug-likeness (QED) is 0.656. The number of carboxylic acids is 1. The number of aromatic carboxylic acids is 1. The van der Waals surface area contributed by atoms with Crippen LogP contribution in [0.1, 0.15) is 29.4 Å². The van der Waals surface area contributed by atoms with Gasteiger partial charge in [-0.25, -0.2) is 9.78 Å². The normalized spacial score (nSPS) is 10.6. The van der Waals surface area contributed by atoms with Crippen LogP contribution in [0.5, 0.6) is 0 Å². The summed E-state index contributed by atoms with van der Waals surface area (Å²) < 4.78 is 4.73. The Kier molecular flexibility index (Phi) is 5.32. The maximum Gasteiger partial charge on any atom is 0.355 e. The number of hydrogen-bond acceptors (Lipinski definition) is 4. The molecule has 0 bridgehead atoms. The summed E-state index contributed by atoms with van der Waals surface area (Å²) >= 11 is 5.61. The number of carbonyl (C=O) groups is 2. The van der Waals surface area contributed by atoms with E-state index in [0.29, 0.717) is 12.2 Å². The molecule has 0 aliphatic rings. The van der Waals surface area contributed by atoms with E-state index in [4.69, 9.17) is 21.4 Å². The summed E-state index contributed by atoms with van der Waals surface area (Å²) in [6.07, 6.45) is 3.11. The van der Waals surface area contributed by atoms with Gasteiger partial charge in [0, 0.05) is 5.56 Å². The number of halogens is 1. The lowest BCUT2D eigenvalue weighted by molar-refractivity contribution is -0.142. The number of rotatable bonds is 5. The summed E-state index contributed by atoms with van der Waals surface area (Å²) in [5.41, 5.74) is 0.235. The number of ether oxygens (including phenoxy) is 1. The van der Waals surface area contributed by atoms with Crippen molar-refractivity contribution in [3.63, 3.8) is 0 Å². The summed E-state index contributed by atoms with van der Waals surface area (Å²) in [7, 11) is 0. The topological polar surface area (TPSA) is 76.5 Å². The molecule has 0 saturated carbocycles. The molecule has 0 aliphatic carbocycles. The Hall–Kier alpha value is -1.88. The van der Waals surface area contributed by atoms with Crippen molar-refractivity contribution in [1.82, 2.24) is 4.98 Å². The molecule has 0 aromatic carbocycles. The summed E-state index contributed by atoms with van der Waals surface area (Å²) in [5.74, 6) is -1.54. The SMILES string of the molecule is CCOC(=O)CC=Cc1ccc(Cl)nc1C(=O)O. The van der Waals surface area contributed by atoms with E-state index in [2.05, 4.69) is 4.98 Å². The number of pyridine rings is 1. The molecule has 5 nitrogen and oxygen atoms in total. The molecule has 0 unspecified atom stereocenters. The molecule has 0 fully saturated rings. The highest BCUT2D eigenvalue weighted by Gasteiger charge is 2.10. The van der Waals surface area contributed by atoms with Crippen LogP contribution in [0.3, 0.4) is 0 Å². The van der Waals surface area contributed by atoms with Gasteiger partial charge in [-0.1, -0.05) is 23.8 Å². The molecule has 96 valence electrons. The van der Waals surface area contributed by atoms with Crippen molar-refractivity contribution < 1.29 is 19.4 Å². The van der Waals surface area contributed by atoms with E-state index in [1.165, 1.54) is 24.3 Å². The number of hydrogen-bond donors (Lipinski definition) is 1. The molecular weight excluding hydrogens is 258 g/mol. The minimum absolute atomic E-state index is 0.0789. The number of aromatic nitrogens is 1. The highest BCUT2D eigenvalue weighted by molar-refractivity contribution is 6.29. The van der Waals surface area contributed by atoms with Crippen molar-refractivity contribution in [2.75, 3.05) is 6.61 Å². The van der Waals surface area contributed by atoms with Gasteiger partial charge in [0.2, 0.25) is 0 Å².